The zero-order valence-electron chi connectivity index (χ0n) is 23.5. The van der Waals surface area contributed by atoms with Crippen molar-refractivity contribution in [1.82, 2.24) is 15.0 Å². The van der Waals surface area contributed by atoms with Crippen molar-refractivity contribution in [3.8, 4) is 22.9 Å². The molecule has 0 spiro atoms. The molecule has 10 heteroatoms. The van der Waals surface area contributed by atoms with Crippen molar-refractivity contribution in [2.24, 2.45) is 0 Å². The first-order chi connectivity index (χ1) is 20.8. The van der Waals surface area contributed by atoms with Crippen LogP contribution in [0.1, 0.15) is 35.7 Å². The zero-order valence-corrected chi connectivity index (χ0v) is 23.5. The van der Waals surface area contributed by atoms with Gasteiger partial charge in [-0.05, 0) is 61.4 Å². The van der Waals surface area contributed by atoms with Gasteiger partial charge in [0.1, 0.15) is 23.0 Å². The molecule has 43 heavy (non-hydrogen) atoms. The fourth-order valence-electron chi connectivity index (χ4n) is 5.46. The Hall–Kier alpha value is -4.80. The summed E-state index contributed by atoms with van der Waals surface area (Å²) in [6.45, 7) is 3.85. The van der Waals surface area contributed by atoms with Crippen molar-refractivity contribution in [3.63, 3.8) is 0 Å². The van der Waals surface area contributed by atoms with E-state index >= 15 is 4.39 Å². The molecule has 2 aromatic heterocycles. The molecule has 0 aliphatic carbocycles. The summed E-state index contributed by atoms with van der Waals surface area (Å²) in [5.74, 6) is -1.07. The number of fused-ring (bicyclic) bond motifs is 1. The number of ether oxygens (including phenoxy) is 3. The van der Waals surface area contributed by atoms with Gasteiger partial charge in [-0.2, -0.15) is 0 Å². The predicted octanol–water partition coefficient (Wildman–Crippen LogP) is 6.54. The number of aryl methyl sites for hydroxylation is 1. The van der Waals surface area contributed by atoms with Crippen LogP contribution in [-0.2, 0) is 19.9 Å². The summed E-state index contributed by atoms with van der Waals surface area (Å²) in [5, 5.41) is 11.3. The van der Waals surface area contributed by atoms with Crippen LogP contribution in [0.25, 0.3) is 28.4 Å². The van der Waals surface area contributed by atoms with Crippen molar-refractivity contribution in [3.05, 3.63) is 107 Å². The molecule has 3 aromatic carbocycles. The second-order valence-electron chi connectivity index (χ2n) is 10.3. The van der Waals surface area contributed by atoms with Crippen molar-refractivity contribution in [2.75, 3.05) is 13.2 Å². The van der Waals surface area contributed by atoms with Gasteiger partial charge in [0.05, 0.1) is 36.8 Å². The molecule has 0 radical (unpaired) electrons. The number of aromatic nitrogens is 3. The van der Waals surface area contributed by atoms with Gasteiger partial charge in [0.15, 0.2) is 11.6 Å². The van der Waals surface area contributed by atoms with Crippen LogP contribution in [0.15, 0.2) is 73.1 Å². The van der Waals surface area contributed by atoms with Crippen molar-refractivity contribution >= 4 is 22.9 Å². The van der Waals surface area contributed by atoms with E-state index in [0.717, 1.165) is 10.9 Å². The molecular formula is C33H29F2N3O5. The summed E-state index contributed by atoms with van der Waals surface area (Å²) in [6, 6.07) is 14.7. The minimum atomic E-state index is -1.10. The standard InChI is InChI=1S/C33H29F2N3O5/c1-3-41-30(40)10-7-20-5-4-6-21(13-20)33(16-22(39)18-42-33)29-17-37-32(38-29)25-14-23(8-9-26(25)34)43-31-19(2)24-11-12-36-28(24)15-27(31)35/h4-15,17,22,36,39H,3,16,18H2,1-2H3,(H,37,38)/b10-7+/t22-,33+/m0/s1. The fraction of sp³-hybridized carbons (Fsp3) is 0.212. The molecule has 220 valence electrons. The van der Waals surface area contributed by atoms with Gasteiger partial charge in [-0.3, -0.25) is 0 Å². The number of rotatable bonds is 8. The van der Waals surface area contributed by atoms with E-state index < -0.39 is 29.3 Å². The normalized spacial score (nSPS) is 18.5. The quantitative estimate of drug-likeness (QED) is 0.141. The number of carbonyl (C=O) groups excluding carboxylic acids is 1. The number of hydrogen-bond donors (Lipinski definition) is 3. The summed E-state index contributed by atoms with van der Waals surface area (Å²) in [5.41, 5.74) is 2.23. The number of imidazole rings is 1. The number of halogens is 2. The zero-order chi connectivity index (χ0) is 30.1. The highest BCUT2D eigenvalue weighted by molar-refractivity contribution is 5.87. The number of H-pyrrole nitrogens is 2. The highest BCUT2D eigenvalue weighted by atomic mass is 19.1. The summed E-state index contributed by atoms with van der Waals surface area (Å²) in [6.07, 6.45) is 5.74. The summed E-state index contributed by atoms with van der Waals surface area (Å²) < 4.78 is 47.1. The Morgan fingerprint density at radius 2 is 2.05 bits per heavy atom. The highest BCUT2D eigenvalue weighted by Crippen LogP contribution is 2.43. The Kier molecular flexibility index (Phi) is 7.55. The molecule has 8 nitrogen and oxygen atoms in total. The monoisotopic (exact) mass is 585 g/mol. The number of hydrogen-bond acceptors (Lipinski definition) is 6. The average molecular weight is 586 g/mol. The second kappa shape index (κ2) is 11.5. The SMILES string of the molecule is CCOC(=O)/C=C/c1cccc([C@@]2(c3cnc(-c4cc(Oc5c(F)cc6[nH]ccc6c5C)ccc4F)[nH]3)C[C@H](O)CO2)c1. The lowest BCUT2D eigenvalue weighted by molar-refractivity contribution is -0.137. The van der Waals surface area contributed by atoms with Crippen LogP contribution in [0.2, 0.25) is 0 Å². The molecule has 5 aromatic rings. The van der Waals surface area contributed by atoms with Crippen LogP contribution in [0.5, 0.6) is 11.5 Å². The van der Waals surface area contributed by atoms with Gasteiger partial charge in [0.2, 0.25) is 0 Å². The number of nitrogens with zero attached hydrogens (tertiary/aromatic N) is 1. The fourth-order valence-corrected chi connectivity index (χ4v) is 5.46. The largest absolute Gasteiger partial charge is 0.463 e. The summed E-state index contributed by atoms with van der Waals surface area (Å²) >= 11 is 0. The van der Waals surface area contributed by atoms with Crippen molar-refractivity contribution in [2.45, 2.75) is 32.0 Å². The molecule has 1 aliphatic rings. The third-order valence-corrected chi connectivity index (χ3v) is 7.53. The lowest BCUT2D eigenvalue weighted by Gasteiger charge is -2.28. The van der Waals surface area contributed by atoms with E-state index in [1.807, 2.05) is 30.3 Å². The van der Waals surface area contributed by atoms with Crippen LogP contribution in [0, 0.1) is 18.6 Å². The van der Waals surface area contributed by atoms with E-state index in [9.17, 15) is 14.3 Å². The van der Waals surface area contributed by atoms with Gasteiger partial charge < -0.3 is 29.3 Å². The maximum Gasteiger partial charge on any atom is 0.330 e. The van der Waals surface area contributed by atoms with E-state index in [0.29, 0.717) is 22.3 Å². The van der Waals surface area contributed by atoms with E-state index in [1.165, 1.54) is 30.3 Å². The molecular weight excluding hydrogens is 556 g/mol. The molecule has 3 N–H and O–H groups in total. The number of aliphatic hydroxyl groups is 1. The third kappa shape index (κ3) is 5.42. The molecule has 0 unspecified atom stereocenters. The minimum absolute atomic E-state index is 0.0500. The molecule has 1 fully saturated rings. The first-order valence-electron chi connectivity index (χ1n) is 13.8. The molecule has 6 rings (SSSR count). The Bertz CT molecular complexity index is 1850. The van der Waals surface area contributed by atoms with Crippen molar-refractivity contribution in [1.29, 1.82) is 0 Å². The maximum atomic E-state index is 15.1. The Morgan fingerprint density at radius 3 is 2.84 bits per heavy atom. The molecule has 1 aliphatic heterocycles. The Balaban J connectivity index is 1.33. The lowest BCUT2D eigenvalue weighted by atomic mass is 9.86. The van der Waals surface area contributed by atoms with Gasteiger partial charge in [-0.15, -0.1) is 0 Å². The van der Waals surface area contributed by atoms with Gasteiger partial charge in [-0.1, -0.05) is 18.2 Å². The first kappa shape index (κ1) is 28.3. The number of nitrogens with one attached hydrogen (secondary N) is 2. The molecule has 0 amide bonds. The Labute approximate surface area is 246 Å². The van der Waals surface area contributed by atoms with Gasteiger partial charge in [0, 0.05) is 41.2 Å². The van der Waals surface area contributed by atoms with E-state index in [1.54, 1.807) is 32.3 Å². The maximum absolute atomic E-state index is 15.1. The number of carbonyl (C=O) groups is 1. The molecule has 0 saturated carbocycles. The lowest BCUT2D eigenvalue weighted by Crippen LogP contribution is -2.27. The van der Waals surface area contributed by atoms with E-state index in [-0.39, 0.29) is 42.5 Å². The molecule has 3 heterocycles. The van der Waals surface area contributed by atoms with Crippen molar-refractivity contribution < 1.29 is 32.9 Å². The number of esters is 1. The summed E-state index contributed by atoms with van der Waals surface area (Å²) in [4.78, 5) is 22.4. The van der Waals surface area contributed by atoms with Gasteiger partial charge >= 0.3 is 5.97 Å². The smallest absolute Gasteiger partial charge is 0.330 e. The first-order valence-corrected chi connectivity index (χ1v) is 13.8. The predicted molar refractivity (Wildman–Crippen MR) is 157 cm³/mol. The van der Waals surface area contributed by atoms with Crippen LogP contribution < -0.4 is 4.74 Å². The summed E-state index contributed by atoms with van der Waals surface area (Å²) in [7, 11) is 0. The van der Waals surface area contributed by atoms with Crippen LogP contribution in [0.4, 0.5) is 8.78 Å². The Morgan fingerprint density at radius 1 is 1.19 bits per heavy atom. The van der Waals surface area contributed by atoms with E-state index in [4.69, 9.17) is 14.2 Å². The van der Waals surface area contributed by atoms with Crippen LogP contribution in [0.3, 0.4) is 0 Å². The van der Waals surface area contributed by atoms with Gasteiger partial charge in [-0.25, -0.2) is 18.6 Å². The van der Waals surface area contributed by atoms with Crippen LogP contribution >= 0.6 is 0 Å². The number of aromatic amines is 2. The minimum Gasteiger partial charge on any atom is -0.463 e. The highest BCUT2D eigenvalue weighted by Gasteiger charge is 2.44. The molecule has 0 bridgehead atoms. The number of benzene rings is 3. The average Bonchev–Trinajstić information content (AvgIpc) is 3.76. The molecule has 1 saturated heterocycles. The second-order valence-corrected chi connectivity index (χ2v) is 10.3. The third-order valence-electron chi connectivity index (χ3n) is 7.53. The number of aliphatic hydroxyl groups excluding tert-OH is 1. The topological polar surface area (TPSA) is 109 Å². The molecule has 2 atom stereocenters. The van der Waals surface area contributed by atoms with Gasteiger partial charge in [0.25, 0.3) is 0 Å². The van der Waals surface area contributed by atoms with E-state index in [2.05, 4.69) is 15.0 Å². The van der Waals surface area contributed by atoms with Crippen LogP contribution in [-0.4, -0.2) is 45.3 Å².